The van der Waals surface area contributed by atoms with Crippen molar-refractivity contribution >= 4 is 11.9 Å². The molecule has 0 saturated heterocycles. The van der Waals surface area contributed by atoms with Gasteiger partial charge in [-0.05, 0) is 68.1 Å². The van der Waals surface area contributed by atoms with E-state index in [4.69, 9.17) is 9.47 Å². The first-order valence-electron chi connectivity index (χ1n) is 13.9. The van der Waals surface area contributed by atoms with Crippen LogP contribution in [0.15, 0.2) is 0 Å². The van der Waals surface area contributed by atoms with E-state index >= 15 is 0 Å². The quantitative estimate of drug-likeness (QED) is 0.187. The topological polar surface area (TPSA) is 52.6 Å². The molecule has 0 N–H and O–H groups in total. The van der Waals surface area contributed by atoms with E-state index in [0.717, 1.165) is 49.9 Å². The number of rotatable bonds is 16. The fraction of sp³-hybridized carbons (Fsp3) is 0.929. The molecule has 3 rings (SSSR count). The summed E-state index contributed by atoms with van der Waals surface area (Å²) in [6.45, 7) is 5.48. The van der Waals surface area contributed by atoms with Crippen LogP contribution in [0.25, 0.3) is 0 Å². The maximum absolute atomic E-state index is 12.3. The third-order valence-electron chi connectivity index (χ3n) is 8.70. The van der Waals surface area contributed by atoms with Crippen LogP contribution in [0.3, 0.4) is 0 Å². The minimum Gasteiger partial charge on any atom is -0.465 e. The molecular weight excluding hydrogens is 400 g/mol. The van der Waals surface area contributed by atoms with Crippen molar-refractivity contribution in [3.8, 4) is 0 Å². The van der Waals surface area contributed by atoms with Crippen molar-refractivity contribution in [2.24, 2.45) is 35.5 Å². The van der Waals surface area contributed by atoms with Gasteiger partial charge in [0, 0.05) is 18.8 Å². The second-order valence-corrected chi connectivity index (χ2v) is 10.9. The standard InChI is InChI=1S/C28H48O4/c1-3-5-7-9-11-13-26(29)31-19-23-18-24-21-15-16-22(17-21)28(24)25(23)20-32-27(30)14-12-10-8-6-4-2/h21-25,28H,3-20H2,1-2H3. The molecule has 0 radical (unpaired) electrons. The molecular formula is C28H48O4. The maximum Gasteiger partial charge on any atom is 0.305 e. The molecule has 184 valence electrons. The van der Waals surface area contributed by atoms with Crippen molar-refractivity contribution in [1.82, 2.24) is 0 Å². The van der Waals surface area contributed by atoms with E-state index in [1.54, 1.807) is 0 Å². The number of carbonyl (C=O) groups is 2. The molecule has 3 aliphatic carbocycles. The van der Waals surface area contributed by atoms with Gasteiger partial charge in [-0.15, -0.1) is 0 Å². The summed E-state index contributed by atoms with van der Waals surface area (Å²) >= 11 is 0. The lowest BCUT2D eigenvalue weighted by molar-refractivity contribution is -0.150. The molecule has 0 aromatic heterocycles. The average molecular weight is 449 g/mol. The van der Waals surface area contributed by atoms with Crippen LogP contribution >= 0.6 is 0 Å². The summed E-state index contributed by atoms with van der Waals surface area (Å²) in [6, 6.07) is 0. The Balaban J connectivity index is 1.42. The average Bonchev–Trinajstić information content (AvgIpc) is 3.48. The predicted molar refractivity (Wildman–Crippen MR) is 128 cm³/mol. The van der Waals surface area contributed by atoms with E-state index in [2.05, 4.69) is 13.8 Å². The van der Waals surface area contributed by atoms with Crippen LogP contribution < -0.4 is 0 Å². The van der Waals surface area contributed by atoms with Gasteiger partial charge >= 0.3 is 11.9 Å². The zero-order valence-electron chi connectivity index (χ0n) is 20.8. The summed E-state index contributed by atoms with van der Waals surface area (Å²) in [5.41, 5.74) is 0. The number of esters is 2. The van der Waals surface area contributed by atoms with Gasteiger partial charge in [0.2, 0.25) is 0 Å². The minimum absolute atomic E-state index is 0.0315. The Hall–Kier alpha value is -1.06. The van der Waals surface area contributed by atoms with Gasteiger partial charge in [0.25, 0.3) is 0 Å². The fourth-order valence-corrected chi connectivity index (χ4v) is 7.03. The molecule has 0 amide bonds. The summed E-state index contributed by atoms with van der Waals surface area (Å²) in [5.74, 6) is 3.81. The SMILES string of the molecule is CCCCCCCC(=O)OCC1CC2C3CCC(C3)C2C1COC(=O)CCCCCCC. The Morgan fingerprint density at radius 3 is 1.88 bits per heavy atom. The Morgan fingerprint density at radius 1 is 0.688 bits per heavy atom. The Morgan fingerprint density at radius 2 is 1.25 bits per heavy atom. The summed E-state index contributed by atoms with van der Waals surface area (Å²) < 4.78 is 11.6. The summed E-state index contributed by atoms with van der Waals surface area (Å²) in [6.07, 6.45) is 17.9. The molecule has 0 spiro atoms. The molecule has 0 heterocycles. The van der Waals surface area contributed by atoms with Crippen molar-refractivity contribution in [3.63, 3.8) is 0 Å². The molecule has 6 unspecified atom stereocenters. The second-order valence-electron chi connectivity index (χ2n) is 10.9. The number of carbonyl (C=O) groups excluding carboxylic acids is 2. The molecule has 3 saturated carbocycles. The number of unbranched alkanes of at least 4 members (excludes halogenated alkanes) is 8. The van der Waals surface area contributed by atoms with Crippen LogP contribution in [0.5, 0.6) is 0 Å². The number of hydrogen-bond acceptors (Lipinski definition) is 4. The van der Waals surface area contributed by atoms with Crippen LogP contribution in [-0.2, 0) is 19.1 Å². The highest BCUT2D eigenvalue weighted by atomic mass is 16.5. The lowest BCUT2D eigenvalue weighted by Crippen LogP contribution is -2.30. The van der Waals surface area contributed by atoms with E-state index in [1.165, 1.54) is 57.8 Å². The molecule has 3 fully saturated rings. The highest BCUT2D eigenvalue weighted by Crippen LogP contribution is 2.62. The smallest absolute Gasteiger partial charge is 0.305 e. The van der Waals surface area contributed by atoms with Gasteiger partial charge in [0.05, 0.1) is 13.2 Å². The van der Waals surface area contributed by atoms with Crippen molar-refractivity contribution in [2.75, 3.05) is 13.2 Å². The first-order valence-corrected chi connectivity index (χ1v) is 13.9. The van der Waals surface area contributed by atoms with Crippen LogP contribution in [0, 0.1) is 35.5 Å². The van der Waals surface area contributed by atoms with E-state index in [0.29, 0.717) is 43.8 Å². The maximum atomic E-state index is 12.3. The van der Waals surface area contributed by atoms with Gasteiger partial charge in [0.1, 0.15) is 0 Å². The van der Waals surface area contributed by atoms with Crippen molar-refractivity contribution in [3.05, 3.63) is 0 Å². The first kappa shape index (κ1) is 25.6. The van der Waals surface area contributed by atoms with Crippen molar-refractivity contribution in [1.29, 1.82) is 0 Å². The van der Waals surface area contributed by atoms with Crippen LogP contribution in [0.1, 0.15) is 117 Å². The lowest BCUT2D eigenvalue weighted by atomic mass is 9.77. The van der Waals surface area contributed by atoms with Crippen molar-refractivity contribution < 1.29 is 19.1 Å². The first-order chi connectivity index (χ1) is 15.6. The van der Waals surface area contributed by atoms with Gasteiger partial charge in [-0.2, -0.15) is 0 Å². The predicted octanol–water partition coefficient (Wildman–Crippen LogP) is 7.09. The Labute approximate surface area is 196 Å². The molecule has 0 aromatic carbocycles. The van der Waals surface area contributed by atoms with E-state index in [9.17, 15) is 9.59 Å². The number of fused-ring (bicyclic) bond motifs is 5. The fourth-order valence-electron chi connectivity index (χ4n) is 7.03. The summed E-state index contributed by atoms with van der Waals surface area (Å²) in [4.78, 5) is 24.6. The van der Waals surface area contributed by atoms with Gasteiger partial charge in [-0.3, -0.25) is 9.59 Å². The second kappa shape index (κ2) is 13.6. The van der Waals surface area contributed by atoms with E-state index < -0.39 is 0 Å². The van der Waals surface area contributed by atoms with Crippen LogP contribution in [-0.4, -0.2) is 25.2 Å². The molecule has 3 aliphatic rings. The normalized spacial score (nSPS) is 30.4. The monoisotopic (exact) mass is 448 g/mol. The Kier molecular flexibility index (Phi) is 10.9. The number of hydrogen-bond donors (Lipinski definition) is 0. The van der Waals surface area contributed by atoms with Crippen molar-refractivity contribution in [2.45, 2.75) is 117 Å². The molecule has 0 aromatic rings. The highest BCUT2D eigenvalue weighted by molar-refractivity contribution is 5.69. The van der Waals surface area contributed by atoms with E-state index in [-0.39, 0.29) is 11.9 Å². The van der Waals surface area contributed by atoms with Gasteiger partial charge in [-0.25, -0.2) is 0 Å². The van der Waals surface area contributed by atoms with Crippen LogP contribution in [0.2, 0.25) is 0 Å². The largest absolute Gasteiger partial charge is 0.465 e. The molecule has 4 heteroatoms. The molecule has 6 atom stereocenters. The highest BCUT2D eigenvalue weighted by Gasteiger charge is 2.56. The number of ether oxygens (including phenoxy) is 2. The van der Waals surface area contributed by atoms with Gasteiger partial charge in [-0.1, -0.05) is 65.2 Å². The zero-order chi connectivity index (χ0) is 22.8. The summed E-state index contributed by atoms with van der Waals surface area (Å²) in [7, 11) is 0. The van der Waals surface area contributed by atoms with E-state index in [1.807, 2.05) is 0 Å². The van der Waals surface area contributed by atoms with Gasteiger partial charge < -0.3 is 9.47 Å². The molecule has 32 heavy (non-hydrogen) atoms. The third kappa shape index (κ3) is 7.22. The van der Waals surface area contributed by atoms with Crippen LogP contribution in [0.4, 0.5) is 0 Å². The molecule has 4 nitrogen and oxygen atoms in total. The zero-order valence-corrected chi connectivity index (χ0v) is 20.8. The molecule has 0 aliphatic heterocycles. The summed E-state index contributed by atoms with van der Waals surface area (Å²) in [5, 5.41) is 0. The third-order valence-corrected chi connectivity index (χ3v) is 8.70. The van der Waals surface area contributed by atoms with Gasteiger partial charge in [0.15, 0.2) is 0 Å². The Bertz CT molecular complexity index is 574. The molecule has 2 bridgehead atoms. The minimum atomic E-state index is -0.0376. The lowest BCUT2D eigenvalue weighted by Gasteiger charge is -2.30.